The first-order valence-electron chi connectivity index (χ1n) is 3.45. The molecule has 1 unspecified atom stereocenters. The minimum Gasteiger partial charge on any atom is -0.480 e. The molecule has 6 nitrogen and oxygen atoms in total. The summed E-state index contributed by atoms with van der Waals surface area (Å²) in [6.07, 6.45) is 0. The number of amides is 1. The van der Waals surface area contributed by atoms with Gasteiger partial charge in [0.1, 0.15) is 6.54 Å². The molecule has 0 aliphatic heterocycles. The molecule has 0 aliphatic carbocycles. The maximum absolute atomic E-state index is 10.9. The number of rotatable bonds is 4. The molecule has 6 heteroatoms. The number of hydrogen-bond acceptors (Lipinski definition) is 4. The highest BCUT2D eigenvalue weighted by molar-refractivity contribution is 5.85. The molecule has 0 bridgehead atoms. The fraction of sp³-hybridized carbons (Fsp3) is 0.667. The minimum absolute atomic E-state index is 0.431. The lowest BCUT2D eigenvalue weighted by Crippen LogP contribution is -2.51. The van der Waals surface area contributed by atoms with Crippen molar-refractivity contribution >= 4 is 11.9 Å². The lowest BCUT2D eigenvalue weighted by Gasteiger charge is -2.13. The van der Waals surface area contributed by atoms with Gasteiger partial charge in [0.2, 0.25) is 5.91 Å². The van der Waals surface area contributed by atoms with Crippen molar-refractivity contribution in [2.45, 2.75) is 19.0 Å². The van der Waals surface area contributed by atoms with Crippen LogP contribution in [-0.4, -0.2) is 35.6 Å². The van der Waals surface area contributed by atoms with E-state index >= 15 is 0 Å². The maximum atomic E-state index is 10.9. The summed E-state index contributed by atoms with van der Waals surface area (Å²) in [4.78, 5) is 20.9. The number of aliphatic carboxylic acids is 1. The number of nitrogens with one attached hydrogen (secondary N) is 1. The van der Waals surface area contributed by atoms with Gasteiger partial charge in [0.25, 0.3) is 0 Å². The predicted octanol–water partition coefficient (Wildman–Crippen LogP) is -2.14. The lowest BCUT2D eigenvalue weighted by atomic mass is 10.1. The maximum Gasteiger partial charge on any atom is 0.322 e. The Balaban J connectivity index is 3.80. The topological polar surface area (TPSA) is 118 Å². The standard InChI is InChI=1S/C6H13N3O3/c1-3(7)5(8)6(12)9-2-4(10)11/h3,5H,2,7-8H2,1H3,(H,9,12)(H,10,11)/t3-,5?/m0/s1. The van der Waals surface area contributed by atoms with Crippen LogP contribution in [0.1, 0.15) is 6.92 Å². The molecule has 0 spiro atoms. The first-order chi connectivity index (χ1) is 5.45. The van der Waals surface area contributed by atoms with Crippen LogP contribution in [0.5, 0.6) is 0 Å². The van der Waals surface area contributed by atoms with Crippen molar-refractivity contribution in [3.05, 3.63) is 0 Å². The quantitative estimate of drug-likeness (QED) is 0.389. The van der Waals surface area contributed by atoms with Gasteiger partial charge in [-0.15, -0.1) is 0 Å². The van der Waals surface area contributed by atoms with Crippen molar-refractivity contribution in [1.29, 1.82) is 0 Å². The third kappa shape index (κ3) is 3.89. The fourth-order valence-electron chi connectivity index (χ4n) is 0.519. The van der Waals surface area contributed by atoms with E-state index in [0.717, 1.165) is 0 Å². The van der Waals surface area contributed by atoms with Crippen LogP contribution in [0.25, 0.3) is 0 Å². The molecule has 0 aromatic rings. The van der Waals surface area contributed by atoms with Gasteiger partial charge in [-0.05, 0) is 6.92 Å². The van der Waals surface area contributed by atoms with Gasteiger partial charge in [-0.3, -0.25) is 9.59 Å². The first kappa shape index (κ1) is 10.9. The average molecular weight is 175 g/mol. The normalized spacial score (nSPS) is 14.9. The Morgan fingerprint density at radius 1 is 1.50 bits per heavy atom. The van der Waals surface area contributed by atoms with Crippen LogP contribution in [0.15, 0.2) is 0 Å². The van der Waals surface area contributed by atoms with Crippen LogP contribution in [-0.2, 0) is 9.59 Å². The second-order valence-electron chi connectivity index (χ2n) is 2.50. The molecule has 0 heterocycles. The Hall–Kier alpha value is -1.14. The second-order valence-corrected chi connectivity index (χ2v) is 2.50. The van der Waals surface area contributed by atoms with E-state index in [9.17, 15) is 9.59 Å². The van der Waals surface area contributed by atoms with E-state index in [1.807, 2.05) is 0 Å². The number of nitrogens with two attached hydrogens (primary N) is 2. The molecule has 0 radical (unpaired) electrons. The van der Waals surface area contributed by atoms with Gasteiger partial charge >= 0.3 is 5.97 Å². The summed E-state index contributed by atoms with van der Waals surface area (Å²) in [6.45, 7) is 1.14. The minimum atomic E-state index is -1.11. The highest BCUT2D eigenvalue weighted by Crippen LogP contribution is 1.84. The van der Waals surface area contributed by atoms with Crippen molar-refractivity contribution in [3.63, 3.8) is 0 Å². The third-order valence-corrected chi connectivity index (χ3v) is 1.28. The average Bonchev–Trinajstić information content (AvgIpc) is 1.98. The molecule has 12 heavy (non-hydrogen) atoms. The van der Waals surface area contributed by atoms with Crippen molar-refractivity contribution in [2.24, 2.45) is 11.5 Å². The van der Waals surface area contributed by atoms with E-state index in [1.165, 1.54) is 0 Å². The van der Waals surface area contributed by atoms with Gasteiger partial charge in [-0.2, -0.15) is 0 Å². The van der Waals surface area contributed by atoms with Crippen molar-refractivity contribution in [1.82, 2.24) is 5.32 Å². The Morgan fingerprint density at radius 3 is 2.33 bits per heavy atom. The molecule has 2 atom stereocenters. The van der Waals surface area contributed by atoms with Crippen molar-refractivity contribution < 1.29 is 14.7 Å². The molecule has 6 N–H and O–H groups in total. The fourth-order valence-corrected chi connectivity index (χ4v) is 0.519. The molecule has 0 rings (SSSR count). The van der Waals surface area contributed by atoms with Gasteiger partial charge in [0, 0.05) is 6.04 Å². The monoisotopic (exact) mass is 175 g/mol. The number of hydrogen-bond donors (Lipinski definition) is 4. The van der Waals surface area contributed by atoms with E-state index in [4.69, 9.17) is 16.6 Å². The third-order valence-electron chi connectivity index (χ3n) is 1.28. The Labute approximate surface area is 69.9 Å². The zero-order valence-electron chi connectivity index (χ0n) is 6.78. The summed E-state index contributed by atoms with van der Waals surface area (Å²) in [5.74, 6) is -1.66. The van der Waals surface area contributed by atoms with Crippen LogP contribution in [0.4, 0.5) is 0 Å². The van der Waals surface area contributed by atoms with Crippen LogP contribution in [0, 0.1) is 0 Å². The summed E-state index contributed by atoms with van der Waals surface area (Å²) >= 11 is 0. The Morgan fingerprint density at radius 2 is 2.00 bits per heavy atom. The highest BCUT2D eigenvalue weighted by atomic mass is 16.4. The Bertz CT molecular complexity index is 181. The molecule has 0 saturated heterocycles. The molecule has 0 saturated carbocycles. The van der Waals surface area contributed by atoms with E-state index in [2.05, 4.69) is 5.32 Å². The Kier molecular flexibility index (Phi) is 4.24. The van der Waals surface area contributed by atoms with Crippen LogP contribution in [0.3, 0.4) is 0 Å². The number of carbonyl (C=O) groups excluding carboxylic acids is 1. The largest absolute Gasteiger partial charge is 0.480 e. The smallest absolute Gasteiger partial charge is 0.322 e. The van der Waals surface area contributed by atoms with Gasteiger partial charge in [-0.1, -0.05) is 0 Å². The number of carboxylic acid groups (broad SMARTS) is 1. The van der Waals surface area contributed by atoms with E-state index < -0.39 is 30.5 Å². The van der Waals surface area contributed by atoms with Crippen LogP contribution in [0.2, 0.25) is 0 Å². The summed E-state index contributed by atoms with van der Waals surface area (Å²) in [7, 11) is 0. The van der Waals surface area contributed by atoms with Crippen LogP contribution >= 0.6 is 0 Å². The van der Waals surface area contributed by atoms with Gasteiger partial charge in [0.05, 0.1) is 6.04 Å². The molecule has 0 aromatic heterocycles. The number of carbonyl (C=O) groups is 2. The summed E-state index contributed by atoms with van der Waals surface area (Å²) in [6, 6.07) is -1.34. The molecule has 0 aromatic carbocycles. The van der Waals surface area contributed by atoms with E-state index in [0.29, 0.717) is 0 Å². The van der Waals surface area contributed by atoms with E-state index in [-0.39, 0.29) is 0 Å². The zero-order chi connectivity index (χ0) is 9.72. The van der Waals surface area contributed by atoms with Crippen molar-refractivity contribution in [3.8, 4) is 0 Å². The molecule has 70 valence electrons. The van der Waals surface area contributed by atoms with Gasteiger partial charge in [0.15, 0.2) is 0 Å². The number of carboxylic acids is 1. The van der Waals surface area contributed by atoms with Crippen LogP contribution < -0.4 is 16.8 Å². The SMILES string of the molecule is C[C@H](N)C(N)C(=O)NCC(=O)O. The summed E-state index contributed by atoms with van der Waals surface area (Å²) in [5.41, 5.74) is 10.6. The lowest BCUT2D eigenvalue weighted by molar-refractivity contribution is -0.138. The highest BCUT2D eigenvalue weighted by Gasteiger charge is 2.17. The molecule has 1 amide bonds. The second kappa shape index (κ2) is 4.68. The first-order valence-corrected chi connectivity index (χ1v) is 3.45. The molecular weight excluding hydrogens is 162 g/mol. The zero-order valence-corrected chi connectivity index (χ0v) is 6.78. The van der Waals surface area contributed by atoms with Gasteiger partial charge < -0.3 is 21.9 Å². The molecular formula is C6H13N3O3. The summed E-state index contributed by atoms with van der Waals surface area (Å²) < 4.78 is 0. The van der Waals surface area contributed by atoms with Gasteiger partial charge in [-0.25, -0.2) is 0 Å². The summed E-state index contributed by atoms with van der Waals surface area (Å²) in [5, 5.41) is 10.3. The van der Waals surface area contributed by atoms with E-state index in [1.54, 1.807) is 6.92 Å². The molecule has 0 fully saturated rings. The molecule has 0 aliphatic rings. The van der Waals surface area contributed by atoms with Crippen molar-refractivity contribution in [2.75, 3.05) is 6.54 Å². The predicted molar refractivity (Wildman–Crippen MR) is 42.3 cm³/mol.